The number of carbonyl (C=O) groups excluding carboxylic acids is 2. The average Bonchev–Trinajstić information content (AvgIpc) is 2.51. The summed E-state index contributed by atoms with van der Waals surface area (Å²) in [7, 11) is 1.05. The van der Waals surface area contributed by atoms with E-state index in [1.807, 2.05) is 0 Å². The third-order valence-electron chi connectivity index (χ3n) is 3.01. The molecule has 0 bridgehead atoms. The number of carbonyl (C=O) groups is 2. The van der Waals surface area contributed by atoms with Gasteiger partial charge in [0.2, 0.25) is 5.91 Å². The fraction of sp³-hybridized carbons (Fsp3) is 0.125. The van der Waals surface area contributed by atoms with Gasteiger partial charge in [0.1, 0.15) is 17.5 Å². The van der Waals surface area contributed by atoms with Crippen molar-refractivity contribution in [1.82, 2.24) is 0 Å². The molecule has 4 nitrogen and oxygen atoms in total. The fourth-order valence-electron chi connectivity index (χ4n) is 1.89. The summed E-state index contributed by atoms with van der Waals surface area (Å²) in [6.07, 6.45) is -0.134. The second-order valence-electron chi connectivity index (χ2n) is 4.65. The highest BCUT2D eigenvalue weighted by atomic mass is 19.1. The first-order valence-electron chi connectivity index (χ1n) is 6.52. The van der Waals surface area contributed by atoms with Crippen molar-refractivity contribution in [3.63, 3.8) is 0 Å². The van der Waals surface area contributed by atoms with Gasteiger partial charge in [-0.05, 0) is 23.8 Å². The molecule has 0 saturated carbocycles. The molecule has 0 aliphatic carbocycles. The second-order valence-corrected chi connectivity index (χ2v) is 4.65. The van der Waals surface area contributed by atoms with Gasteiger partial charge in [-0.15, -0.1) is 0 Å². The van der Waals surface area contributed by atoms with Crippen molar-refractivity contribution in [1.29, 1.82) is 0 Å². The molecule has 2 aromatic rings. The number of esters is 1. The van der Waals surface area contributed by atoms with E-state index in [2.05, 4.69) is 10.1 Å². The number of halogens is 3. The van der Waals surface area contributed by atoms with Gasteiger partial charge in [0.05, 0.1) is 24.8 Å². The third-order valence-corrected chi connectivity index (χ3v) is 3.01. The van der Waals surface area contributed by atoms with E-state index in [-0.39, 0.29) is 12.1 Å². The van der Waals surface area contributed by atoms with Crippen LogP contribution in [-0.4, -0.2) is 19.0 Å². The monoisotopic (exact) mass is 323 g/mol. The molecule has 1 N–H and O–H groups in total. The van der Waals surface area contributed by atoms with Crippen LogP contribution in [0.3, 0.4) is 0 Å². The van der Waals surface area contributed by atoms with Gasteiger partial charge in [-0.1, -0.05) is 12.1 Å². The van der Waals surface area contributed by atoms with Crippen LogP contribution in [0.15, 0.2) is 36.4 Å². The van der Waals surface area contributed by atoms with Crippen LogP contribution in [0.5, 0.6) is 0 Å². The van der Waals surface area contributed by atoms with Crippen LogP contribution >= 0.6 is 0 Å². The molecule has 0 saturated heterocycles. The highest BCUT2D eigenvalue weighted by Crippen LogP contribution is 2.20. The van der Waals surface area contributed by atoms with Gasteiger partial charge in [0, 0.05) is 6.07 Å². The Bertz CT molecular complexity index is 745. The summed E-state index contributed by atoms with van der Waals surface area (Å²) in [5.41, 5.74) is -0.329. The molecule has 2 rings (SSSR count). The highest BCUT2D eigenvalue weighted by molar-refractivity contribution is 5.95. The van der Waals surface area contributed by atoms with Gasteiger partial charge < -0.3 is 10.1 Å². The summed E-state index contributed by atoms with van der Waals surface area (Å²) in [5, 5.41) is 2.24. The molecule has 0 fully saturated rings. The van der Waals surface area contributed by atoms with Crippen molar-refractivity contribution < 1.29 is 27.5 Å². The van der Waals surface area contributed by atoms with Gasteiger partial charge >= 0.3 is 5.97 Å². The Kier molecular flexibility index (Phi) is 5.00. The first-order chi connectivity index (χ1) is 10.9. The SMILES string of the molecule is COC(=O)c1cc(NC(=O)Cc2ccc(F)cc2)c(F)cc1F. The Morgan fingerprint density at radius 3 is 2.30 bits per heavy atom. The lowest BCUT2D eigenvalue weighted by atomic mass is 10.1. The van der Waals surface area contributed by atoms with Crippen molar-refractivity contribution in [3.8, 4) is 0 Å². The number of methoxy groups -OCH3 is 1. The van der Waals surface area contributed by atoms with Crippen molar-refractivity contribution in [2.24, 2.45) is 0 Å². The molecule has 0 aliphatic heterocycles. The standard InChI is InChI=1S/C16H12F3NO3/c1-23-16(22)11-7-14(13(19)8-12(11)18)20-15(21)6-9-2-4-10(17)5-3-9/h2-5,7-8H,6H2,1H3,(H,20,21). The molecule has 1 amide bonds. The largest absolute Gasteiger partial charge is 0.465 e. The van der Waals surface area contributed by atoms with Crippen LogP contribution in [0, 0.1) is 17.5 Å². The van der Waals surface area contributed by atoms with Gasteiger partial charge in [0.15, 0.2) is 0 Å². The van der Waals surface area contributed by atoms with Crippen molar-refractivity contribution >= 4 is 17.6 Å². The van der Waals surface area contributed by atoms with Crippen LogP contribution in [-0.2, 0) is 16.0 Å². The predicted molar refractivity (Wildman–Crippen MR) is 76.4 cm³/mol. The van der Waals surface area contributed by atoms with Crippen LogP contribution in [0.2, 0.25) is 0 Å². The molecule has 2 aromatic carbocycles. The minimum absolute atomic E-state index is 0.134. The van der Waals surface area contributed by atoms with Crippen molar-refractivity contribution in [3.05, 3.63) is 65.0 Å². The van der Waals surface area contributed by atoms with Crippen LogP contribution in [0.25, 0.3) is 0 Å². The van der Waals surface area contributed by atoms with E-state index >= 15 is 0 Å². The summed E-state index contributed by atoms with van der Waals surface area (Å²) in [6.45, 7) is 0. The Hall–Kier alpha value is -2.83. The average molecular weight is 323 g/mol. The minimum Gasteiger partial charge on any atom is -0.465 e. The van der Waals surface area contributed by atoms with E-state index in [9.17, 15) is 22.8 Å². The molecule has 0 spiro atoms. The molecule has 0 aliphatic rings. The van der Waals surface area contributed by atoms with E-state index in [4.69, 9.17) is 0 Å². The van der Waals surface area contributed by atoms with E-state index < -0.39 is 34.9 Å². The predicted octanol–water partition coefficient (Wildman–Crippen LogP) is 3.07. The van der Waals surface area contributed by atoms with Gasteiger partial charge in [-0.2, -0.15) is 0 Å². The number of hydrogen-bond donors (Lipinski definition) is 1. The molecule has 0 heterocycles. The maximum Gasteiger partial charge on any atom is 0.340 e. The smallest absolute Gasteiger partial charge is 0.340 e. The summed E-state index contributed by atoms with van der Waals surface area (Å²) in [4.78, 5) is 23.2. The quantitative estimate of drug-likeness (QED) is 0.880. The van der Waals surface area contributed by atoms with E-state index in [1.54, 1.807) is 0 Å². The molecule has 0 unspecified atom stereocenters. The molecule has 23 heavy (non-hydrogen) atoms. The molecular weight excluding hydrogens is 311 g/mol. The Morgan fingerprint density at radius 2 is 1.70 bits per heavy atom. The summed E-state index contributed by atoms with van der Waals surface area (Å²) >= 11 is 0. The zero-order valence-corrected chi connectivity index (χ0v) is 12.0. The van der Waals surface area contributed by atoms with Crippen LogP contribution in [0.1, 0.15) is 15.9 Å². The lowest BCUT2D eigenvalue weighted by Gasteiger charge is -2.09. The van der Waals surface area contributed by atoms with E-state index in [0.29, 0.717) is 11.6 Å². The van der Waals surface area contributed by atoms with Crippen molar-refractivity contribution in [2.45, 2.75) is 6.42 Å². The Labute approximate surface area is 129 Å². The molecule has 120 valence electrons. The maximum atomic E-state index is 13.7. The summed E-state index contributed by atoms with van der Waals surface area (Å²) in [6, 6.07) is 6.55. The summed E-state index contributed by atoms with van der Waals surface area (Å²) < 4.78 is 44.4. The number of amides is 1. The van der Waals surface area contributed by atoms with Crippen LogP contribution < -0.4 is 5.32 Å². The molecule has 7 heteroatoms. The lowest BCUT2D eigenvalue weighted by molar-refractivity contribution is -0.115. The zero-order valence-electron chi connectivity index (χ0n) is 12.0. The van der Waals surface area contributed by atoms with Gasteiger partial charge in [0.25, 0.3) is 0 Å². The molecule has 0 aromatic heterocycles. The van der Waals surface area contributed by atoms with Gasteiger partial charge in [-0.25, -0.2) is 18.0 Å². The summed E-state index contributed by atoms with van der Waals surface area (Å²) in [5.74, 6) is -4.15. The number of anilines is 1. The maximum absolute atomic E-state index is 13.7. The molecular formula is C16H12F3NO3. The normalized spacial score (nSPS) is 10.3. The van der Waals surface area contributed by atoms with Crippen LogP contribution in [0.4, 0.5) is 18.9 Å². The Balaban J connectivity index is 2.17. The molecule has 0 atom stereocenters. The second kappa shape index (κ2) is 6.95. The topological polar surface area (TPSA) is 55.4 Å². The van der Waals surface area contributed by atoms with E-state index in [1.165, 1.54) is 24.3 Å². The number of ether oxygens (including phenoxy) is 1. The van der Waals surface area contributed by atoms with Crippen molar-refractivity contribution in [2.75, 3.05) is 12.4 Å². The molecule has 0 radical (unpaired) electrons. The highest BCUT2D eigenvalue weighted by Gasteiger charge is 2.18. The number of rotatable bonds is 4. The number of benzene rings is 2. The minimum atomic E-state index is -1.09. The third kappa shape index (κ3) is 4.09. The first kappa shape index (κ1) is 16.5. The zero-order chi connectivity index (χ0) is 17.0. The Morgan fingerprint density at radius 1 is 1.04 bits per heavy atom. The van der Waals surface area contributed by atoms with E-state index in [0.717, 1.165) is 13.2 Å². The van der Waals surface area contributed by atoms with Gasteiger partial charge in [-0.3, -0.25) is 4.79 Å². The lowest BCUT2D eigenvalue weighted by Crippen LogP contribution is -2.16. The first-order valence-corrected chi connectivity index (χ1v) is 6.52. The fourth-order valence-corrected chi connectivity index (χ4v) is 1.89. The number of hydrogen-bond acceptors (Lipinski definition) is 3. The number of nitrogens with one attached hydrogen (secondary N) is 1.